The molecule has 3 unspecified atom stereocenters. The van der Waals surface area contributed by atoms with Gasteiger partial charge in [-0.1, -0.05) is 20.4 Å². The summed E-state index contributed by atoms with van der Waals surface area (Å²) < 4.78 is 10.9. The second-order valence-electron chi connectivity index (χ2n) is 5.80. The van der Waals surface area contributed by atoms with Crippen LogP contribution in [0.25, 0.3) is 0 Å². The number of fused-ring (bicyclic) bond motifs is 1. The van der Waals surface area contributed by atoms with Crippen molar-refractivity contribution in [2.75, 3.05) is 6.61 Å². The topological polar surface area (TPSA) is 38.8 Å². The van der Waals surface area contributed by atoms with Crippen molar-refractivity contribution in [2.24, 2.45) is 11.3 Å². The van der Waals surface area contributed by atoms with Crippen LogP contribution in [0.4, 0.5) is 0 Å². The van der Waals surface area contributed by atoms with Crippen LogP contribution in [-0.4, -0.2) is 24.8 Å². The van der Waals surface area contributed by atoms with Crippen molar-refractivity contribution in [3.05, 3.63) is 12.2 Å². The van der Waals surface area contributed by atoms with E-state index in [0.717, 1.165) is 24.8 Å². The maximum absolute atomic E-state index is 12.3. The first-order valence-electron chi connectivity index (χ1n) is 6.43. The zero-order chi connectivity index (χ0) is 12.6. The van der Waals surface area contributed by atoms with Gasteiger partial charge in [-0.2, -0.15) is 0 Å². The number of carbonyl (C=O) groups excluding carboxylic acids is 1. The second kappa shape index (κ2) is 4.45. The molecule has 17 heavy (non-hydrogen) atoms. The number of ether oxygens (including phenoxy) is 2. The minimum absolute atomic E-state index is 0.0653. The summed E-state index contributed by atoms with van der Waals surface area (Å²) in [5, 5.41) is 0. The summed E-state index contributed by atoms with van der Waals surface area (Å²) in [6, 6.07) is 0. The summed E-state index contributed by atoms with van der Waals surface area (Å²) in [5.41, 5.74) is 0.543. The lowest BCUT2D eigenvalue weighted by Gasteiger charge is -2.36. The first-order valence-corrected chi connectivity index (χ1v) is 6.43. The Kier molecular flexibility index (Phi) is 3.30. The van der Waals surface area contributed by atoms with E-state index in [1.807, 2.05) is 6.92 Å². The third-order valence-electron chi connectivity index (χ3n) is 4.09. The minimum Gasteiger partial charge on any atom is -0.461 e. The van der Waals surface area contributed by atoms with Crippen molar-refractivity contribution in [3.63, 3.8) is 0 Å². The molecule has 2 fully saturated rings. The van der Waals surface area contributed by atoms with Gasteiger partial charge in [0.05, 0.1) is 17.6 Å². The van der Waals surface area contributed by atoms with Gasteiger partial charge in [0.2, 0.25) is 0 Å². The van der Waals surface area contributed by atoms with Crippen LogP contribution >= 0.6 is 0 Å². The van der Waals surface area contributed by atoms with Gasteiger partial charge >= 0.3 is 5.97 Å². The van der Waals surface area contributed by atoms with Gasteiger partial charge in [0, 0.05) is 0 Å². The summed E-state index contributed by atoms with van der Waals surface area (Å²) in [6.45, 7) is 10.2. The van der Waals surface area contributed by atoms with Crippen LogP contribution in [0.2, 0.25) is 0 Å². The molecule has 2 rings (SSSR count). The molecule has 0 aromatic carbocycles. The maximum Gasteiger partial charge on any atom is 0.312 e. The van der Waals surface area contributed by atoms with Crippen molar-refractivity contribution < 1.29 is 14.3 Å². The van der Waals surface area contributed by atoms with Gasteiger partial charge in [0.25, 0.3) is 0 Å². The molecule has 96 valence electrons. The molecule has 0 amide bonds. The van der Waals surface area contributed by atoms with Gasteiger partial charge < -0.3 is 9.47 Å². The molecular weight excluding hydrogens is 216 g/mol. The molecule has 3 atom stereocenters. The van der Waals surface area contributed by atoms with Crippen LogP contribution in [0.3, 0.4) is 0 Å². The fourth-order valence-electron chi connectivity index (χ4n) is 2.75. The van der Waals surface area contributed by atoms with E-state index in [1.54, 1.807) is 0 Å². The lowest BCUT2D eigenvalue weighted by Crippen LogP contribution is -2.42. The average molecular weight is 238 g/mol. The van der Waals surface area contributed by atoms with E-state index in [2.05, 4.69) is 20.4 Å². The molecule has 1 aliphatic carbocycles. The predicted octanol–water partition coefficient (Wildman–Crippen LogP) is 2.70. The fraction of sp³-hybridized carbons (Fsp3) is 0.786. The molecule has 2 aliphatic rings. The fourth-order valence-corrected chi connectivity index (χ4v) is 2.75. The number of esters is 1. The Balaban J connectivity index is 2.05. The number of carbonyl (C=O) groups is 1. The number of hydrogen-bond acceptors (Lipinski definition) is 3. The number of hydrogen-bond donors (Lipinski definition) is 0. The van der Waals surface area contributed by atoms with Gasteiger partial charge in [0.15, 0.2) is 0 Å². The molecule has 1 saturated heterocycles. The van der Waals surface area contributed by atoms with Crippen LogP contribution in [-0.2, 0) is 14.3 Å². The molecule has 0 aromatic heterocycles. The summed E-state index contributed by atoms with van der Waals surface area (Å²) in [5.74, 6) is 0.231. The molecule has 1 heterocycles. The van der Waals surface area contributed by atoms with Crippen molar-refractivity contribution in [1.29, 1.82) is 0 Å². The van der Waals surface area contributed by atoms with Crippen LogP contribution in [0.1, 0.15) is 40.0 Å². The summed E-state index contributed by atoms with van der Waals surface area (Å²) in [6.07, 6.45) is 3.41. The van der Waals surface area contributed by atoms with Crippen LogP contribution in [0.5, 0.6) is 0 Å². The quantitative estimate of drug-likeness (QED) is 0.429. The molecular formula is C14H22O3. The smallest absolute Gasteiger partial charge is 0.312 e. The Morgan fingerprint density at radius 3 is 2.76 bits per heavy atom. The van der Waals surface area contributed by atoms with Gasteiger partial charge in [-0.3, -0.25) is 4.79 Å². The van der Waals surface area contributed by atoms with E-state index in [9.17, 15) is 4.79 Å². The highest BCUT2D eigenvalue weighted by Crippen LogP contribution is 2.50. The molecule has 3 heteroatoms. The van der Waals surface area contributed by atoms with E-state index in [1.165, 1.54) is 0 Å². The summed E-state index contributed by atoms with van der Waals surface area (Å²) >= 11 is 0. The molecule has 0 spiro atoms. The highest BCUT2D eigenvalue weighted by Gasteiger charge is 2.55. The van der Waals surface area contributed by atoms with Crippen LogP contribution in [0, 0.1) is 11.3 Å². The highest BCUT2D eigenvalue weighted by molar-refractivity contribution is 5.77. The molecule has 0 aromatic rings. The van der Waals surface area contributed by atoms with E-state index < -0.39 is 0 Å². The lowest BCUT2D eigenvalue weighted by atomic mass is 9.67. The lowest BCUT2D eigenvalue weighted by molar-refractivity contribution is -0.160. The van der Waals surface area contributed by atoms with Crippen molar-refractivity contribution in [2.45, 2.75) is 52.2 Å². The molecule has 0 N–H and O–H groups in total. The Hall–Kier alpha value is -0.830. The molecule has 3 nitrogen and oxygen atoms in total. The Morgan fingerprint density at radius 2 is 2.24 bits per heavy atom. The number of rotatable bonds is 4. The zero-order valence-corrected chi connectivity index (χ0v) is 11.0. The summed E-state index contributed by atoms with van der Waals surface area (Å²) in [4.78, 5) is 12.3. The van der Waals surface area contributed by atoms with E-state index in [4.69, 9.17) is 9.47 Å². The third kappa shape index (κ3) is 2.39. The van der Waals surface area contributed by atoms with Crippen LogP contribution < -0.4 is 0 Å². The van der Waals surface area contributed by atoms with E-state index >= 15 is 0 Å². The van der Waals surface area contributed by atoms with Crippen molar-refractivity contribution in [3.8, 4) is 0 Å². The monoisotopic (exact) mass is 238 g/mol. The first-order chi connectivity index (χ1) is 7.95. The van der Waals surface area contributed by atoms with Crippen molar-refractivity contribution in [1.82, 2.24) is 0 Å². The molecule has 1 aliphatic heterocycles. The first kappa shape index (κ1) is 12.6. The third-order valence-corrected chi connectivity index (χ3v) is 4.09. The van der Waals surface area contributed by atoms with E-state index in [0.29, 0.717) is 24.7 Å². The molecule has 1 saturated carbocycles. The highest BCUT2D eigenvalue weighted by atomic mass is 16.6. The Bertz CT molecular complexity index is 334. The average Bonchev–Trinajstić information content (AvgIpc) is 3.02. The standard InChI is InChI=1S/C14H22O3/c1-9(2)8-16-13(15)14(10(3)4)6-5-11-12(7-14)17-11/h10-12H,1,5-8H2,2-4H3. The van der Waals surface area contributed by atoms with Gasteiger partial charge in [-0.15, -0.1) is 0 Å². The summed E-state index contributed by atoms with van der Waals surface area (Å²) in [7, 11) is 0. The second-order valence-corrected chi connectivity index (χ2v) is 5.80. The normalized spacial score (nSPS) is 35.3. The maximum atomic E-state index is 12.3. The van der Waals surface area contributed by atoms with E-state index in [-0.39, 0.29) is 11.4 Å². The minimum atomic E-state index is -0.340. The van der Waals surface area contributed by atoms with Gasteiger partial charge in [0.1, 0.15) is 6.61 Å². The SMILES string of the molecule is C=C(C)COC(=O)C1(C(C)C)CCC2OC2C1. The van der Waals surface area contributed by atoms with Gasteiger partial charge in [-0.25, -0.2) is 0 Å². The zero-order valence-electron chi connectivity index (χ0n) is 11.0. The van der Waals surface area contributed by atoms with Gasteiger partial charge in [-0.05, 0) is 37.7 Å². The van der Waals surface area contributed by atoms with Crippen LogP contribution in [0.15, 0.2) is 12.2 Å². The number of epoxide rings is 1. The Morgan fingerprint density at radius 1 is 1.53 bits per heavy atom. The Labute approximate surface area is 103 Å². The van der Waals surface area contributed by atoms with Crippen molar-refractivity contribution >= 4 is 5.97 Å². The molecule has 0 radical (unpaired) electrons. The molecule has 0 bridgehead atoms. The largest absolute Gasteiger partial charge is 0.461 e. The predicted molar refractivity (Wildman–Crippen MR) is 65.6 cm³/mol.